The summed E-state index contributed by atoms with van der Waals surface area (Å²) in [5.74, 6) is 0.673. The fourth-order valence-corrected chi connectivity index (χ4v) is 2.22. The number of likely N-dealkylation sites (N-methyl/N-ethyl adjacent to an activating group) is 1. The second kappa shape index (κ2) is 6.25. The van der Waals surface area contributed by atoms with Gasteiger partial charge in [-0.2, -0.15) is 0 Å². The van der Waals surface area contributed by atoms with E-state index < -0.39 is 0 Å². The highest BCUT2D eigenvalue weighted by atomic mass is 79.9. The summed E-state index contributed by atoms with van der Waals surface area (Å²) in [4.78, 5) is 2.29. The van der Waals surface area contributed by atoms with Crippen LogP contribution >= 0.6 is 15.9 Å². The first-order valence-corrected chi connectivity index (χ1v) is 7.01. The largest absolute Gasteiger partial charge is 0.491 e. The van der Waals surface area contributed by atoms with Gasteiger partial charge in [0, 0.05) is 17.1 Å². The summed E-state index contributed by atoms with van der Waals surface area (Å²) >= 11 is 3.39. The van der Waals surface area contributed by atoms with Crippen LogP contribution in [0.2, 0.25) is 0 Å². The van der Waals surface area contributed by atoms with Crippen molar-refractivity contribution in [1.82, 2.24) is 4.90 Å². The second-order valence-electron chi connectivity index (χ2n) is 4.69. The van der Waals surface area contributed by atoms with Crippen molar-refractivity contribution in [1.29, 1.82) is 0 Å². The number of nitrogens with zero attached hydrogens (tertiary/aromatic N) is 2. The van der Waals surface area contributed by atoms with Gasteiger partial charge in [-0.15, -0.1) is 0 Å². The van der Waals surface area contributed by atoms with Crippen molar-refractivity contribution in [2.75, 3.05) is 20.2 Å². The molecule has 0 radical (unpaired) electrons. The van der Waals surface area contributed by atoms with E-state index in [4.69, 9.17) is 15.7 Å². The molecule has 1 saturated carbocycles. The maximum absolute atomic E-state index is 8.76. The van der Waals surface area contributed by atoms with Gasteiger partial charge in [0.05, 0.1) is 5.56 Å². The van der Waals surface area contributed by atoms with E-state index in [0.717, 1.165) is 17.1 Å². The van der Waals surface area contributed by atoms with E-state index in [-0.39, 0.29) is 5.84 Å². The lowest BCUT2D eigenvalue weighted by atomic mass is 10.2. The average molecular weight is 328 g/mol. The van der Waals surface area contributed by atoms with Crippen LogP contribution in [0, 0.1) is 0 Å². The predicted octanol–water partition coefficient (Wildman–Crippen LogP) is 2.02. The Morgan fingerprint density at radius 3 is 2.95 bits per heavy atom. The normalized spacial score (nSPS) is 15.8. The first-order chi connectivity index (χ1) is 9.11. The van der Waals surface area contributed by atoms with Gasteiger partial charge >= 0.3 is 0 Å². The summed E-state index contributed by atoms with van der Waals surface area (Å²) in [6, 6.07) is 6.13. The molecule has 1 fully saturated rings. The quantitative estimate of drug-likeness (QED) is 0.363. The molecule has 1 aliphatic rings. The van der Waals surface area contributed by atoms with Crippen LogP contribution in [-0.2, 0) is 0 Å². The lowest BCUT2D eigenvalue weighted by Crippen LogP contribution is -2.26. The Morgan fingerprint density at radius 1 is 1.58 bits per heavy atom. The van der Waals surface area contributed by atoms with Crippen molar-refractivity contribution >= 4 is 21.8 Å². The molecular weight excluding hydrogens is 310 g/mol. The maximum Gasteiger partial charge on any atom is 0.173 e. The number of hydrogen-bond acceptors (Lipinski definition) is 4. The average Bonchev–Trinajstić information content (AvgIpc) is 3.22. The molecule has 0 atom stereocenters. The fourth-order valence-electron chi connectivity index (χ4n) is 1.88. The Kier molecular flexibility index (Phi) is 4.66. The molecule has 104 valence electrons. The summed E-state index contributed by atoms with van der Waals surface area (Å²) in [7, 11) is 2.10. The van der Waals surface area contributed by atoms with Crippen LogP contribution in [0.5, 0.6) is 5.75 Å². The van der Waals surface area contributed by atoms with Gasteiger partial charge in [0.15, 0.2) is 5.84 Å². The van der Waals surface area contributed by atoms with Crippen molar-refractivity contribution < 1.29 is 9.94 Å². The third-order valence-electron chi connectivity index (χ3n) is 3.20. The Hall–Kier alpha value is -1.27. The van der Waals surface area contributed by atoms with Gasteiger partial charge in [0.2, 0.25) is 0 Å². The van der Waals surface area contributed by atoms with Gasteiger partial charge in [-0.05, 0) is 38.1 Å². The molecule has 19 heavy (non-hydrogen) atoms. The molecule has 2 rings (SSSR count). The number of amidine groups is 1. The van der Waals surface area contributed by atoms with Crippen molar-refractivity contribution in [3.8, 4) is 5.75 Å². The number of oxime groups is 1. The molecule has 6 heteroatoms. The topological polar surface area (TPSA) is 71.1 Å². The molecule has 3 N–H and O–H groups in total. The minimum Gasteiger partial charge on any atom is -0.491 e. The maximum atomic E-state index is 8.76. The van der Waals surface area contributed by atoms with Crippen LogP contribution in [0.25, 0.3) is 0 Å². The van der Waals surface area contributed by atoms with E-state index in [1.165, 1.54) is 12.8 Å². The van der Waals surface area contributed by atoms with Crippen molar-refractivity contribution in [3.05, 3.63) is 28.2 Å². The summed E-state index contributed by atoms with van der Waals surface area (Å²) in [6.45, 7) is 1.45. The van der Waals surface area contributed by atoms with Gasteiger partial charge in [-0.3, -0.25) is 0 Å². The number of nitrogens with two attached hydrogens (primary N) is 1. The molecule has 0 amide bonds. The van der Waals surface area contributed by atoms with Crippen molar-refractivity contribution in [2.24, 2.45) is 10.9 Å². The van der Waals surface area contributed by atoms with E-state index in [9.17, 15) is 0 Å². The molecule has 0 bridgehead atoms. The molecular formula is C13H18BrN3O2. The van der Waals surface area contributed by atoms with E-state index >= 15 is 0 Å². The number of rotatable bonds is 6. The van der Waals surface area contributed by atoms with Crippen LogP contribution in [0.4, 0.5) is 0 Å². The summed E-state index contributed by atoms with van der Waals surface area (Å²) in [5.41, 5.74) is 6.23. The monoisotopic (exact) mass is 327 g/mol. The van der Waals surface area contributed by atoms with E-state index in [1.54, 1.807) is 6.07 Å². The SMILES string of the molecule is CN(CCOc1cc(Br)ccc1/C(N)=N/O)C1CC1. The summed E-state index contributed by atoms with van der Waals surface area (Å²) in [6.07, 6.45) is 2.56. The molecule has 5 nitrogen and oxygen atoms in total. The van der Waals surface area contributed by atoms with Gasteiger partial charge < -0.3 is 20.6 Å². The highest BCUT2D eigenvalue weighted by Crippen LogP contribution is 2.26. The van der Waals surface area contributed by atoms with Crippen LogP contribution in [0.1, 0.15) is 18.4 Å². The summed E-state index contributed by atoms with van der Waals surface area (Å²) < 4.78 is 6.64. The molecule has 0 unspecified atom stereocenters. The highest BCUT2D eigenvalue weighted by molar-refractivity contribution is 9.10. The minimum atomic E-state index is 0.0537. The number of hydrogen-bond donors (Lipinski definition) is 2. The minimum absolute atomic E-state index is 0.0537. The Morgan fingerprint density at radius 2 is 2.32 bits per heavy atom. The highest BCUT2D eigenvalue weighted by Gasteiger charge is 2.25. The van der Waals surface area contributed by atoms with E-state index in [1.807, 2.05) is 12.1 Å². The third-order valence-corrected chi connectivity index (χ3v) is 3.69. The standard InChI is InChI=1S/C13H18BrN3O2/c1-17(10-3-4-10)6-7-19-12-8-9(14)2-5-11(12)13(15)16-18/h2,5,8,10,18H,3-4,6-7H2,1H3,(H2,15,16). The molecule has 0 aliphatic heterocycles. The predicted molar refractivity (Wildman–Crippen MR) is 77.8 cm³/mol. The summed E-state index contributed by atoms with van der Waals surface area (Å²) in [5, 5.41) is 11.8. The smallest absolute Gasteiger partial charge is 0.173 e. The second-order valence-corrected chi connectivity index (χ2v) is 5.60. The van der Waals surface area contributed by atoms with Crippen LogP contribution in [0.3, 0.4) is 0 Å². The molecule has 0 heterocycles. The molecule has 0 aromatic heterocycles. The fraction of sp³-hybridized carbons (Fsp3) is 0.462. The number of halogens is 1. The Bertz CT molecular complexity index is 475. The Balaban J connectivity index is 1.99. The van der Waals surface area contributed by atoms with Gasteiger partial charge in [-0.25, -0.2) is 0 Å². The zero-order chi connectivity index (χ0) is 13.8. The number of ether oxygens (including phenoxy) is 1. The Labute approximate surface area is 121 Å². The molecule has 1 aromatic rings. The zero-order valence-corrected chi connectivity index (χ0v) is 12.4. The molecule has 1 aromatic carbocycles. The van der Waals surface area contributed by atoms with Crippen molar-refractivity contribution in [3.63, 3.8) is 0 Å². The van der Waals surface area contributed by atoms with E-state index in [0.29, 0.717) is 17.9 Å². The first kappa shape index (κ1) is 14.1. The first-order valence-electron chi connectivity index (χ1n) is 6.22. The lowest BCUT2D eigenvalue weighted by molar-refractivity contribution is 0.231. The van der Waals surface area contributed by atoms with Crippen LogP contribution in [0.15, 0.2) is 27.8 Å². The zero-order valence-electron chi connectivity index (χ0n) is 10.8. The molecule has 1 aliphatic carbocycles. The van der Waals surface area contributed by atoms with Gasteiger partial charge in [0.1, 0.15) is 12.4 Å². The van der Waals surface area contributed by atoms with Crippen LogP contribution in [-0.4, -0.2) is 42.2 Å². The van der Waals surface area contributed by atoms with Gasteiger partial charge in [-0.1, -0.05) is 21.1 Å². The third kappa shape index (κ3) is 3.84. The number of benzene rings is 1. The molecule has 0 saturated heterocycles. The molecule has 0 spiro atoms. The van der Waals surface area contributed by atoms with Crippen LogP contribution < -0.4 is 10.5 Å². The van der Waals surface area contributed by atoms with Gasteiger partial charge in [0.25, 0.3) is 0 Å². The van der Waals surface area contributed by atoms with Crippen molar-refractivity contribution in [2.45, 2.75) is 18.9 Å². The lowest BCUT2D eigenvalue weighted by Gasteiger charge is -2.17. The van der Waals surface area contributed by atoms with E-state index in [2.05, 4.69) is 33.0 Å².